The Hall–Kier alpha value is -3.61. The number of H-pyrrole nitrogens is 1. The molecule has 7 nitrogen and oxygen atoms in total. The first-order chi connectivity index (χ1) is 14.3. The van der Waals surface area contributed by atoms with Gasteiger partial charge in [0.05, 0.1) is 24.6 Å². The van der Waals surface area contributed by atoms with Crippen molar-refractivity contribution >= 4 is 6.20 Å². The third-order valence-corrected chi connectivity index (χ3v) is 4.94. The minimum absolute atomic E-state index is 0.186. The molecule has 1 aliphatic rings. The van der Waals surface area contributed by atoms with E-state index in [0.29, 0.717) is 5.49 Å². The summed E-state index contributed by atoms with van der Waals surface area (Å²) in [6.07, 6.45) is 8.44. The zero-order chi connectivity index (χ0) is 19.6. The number of nitrogens with one attached hydrogen (secondary N) is 1. The summed E-state index contributed by atoms with van der Waals surface area (Å²) in [5.41, 5.74) is 2.85. The Balaban J connectivity index is 1.47. The van der Waals surface area contributed by atoms with Gasteiger partial charge >= 0.3 is 0 Å². The Labute approximate surface area is 168 Å². The van der Waals surface area contributed by atoms with E-state index in [9.17, 15) is 0 Å². The molecule has 7 heteroatoms. The molecule has 0 spiro atoms. The van der Waals surface area contributed by atoms with Crippen molar-refractivity contribution in [3.63, 3.8) is 0 Å². The van der Waals surface area contributed by atoms with Crippen LogP contribution in [0.4, 0.5) is 0 Å². The highest BCUT2D eigenvalue weighted by molar-refractivity contribution is 5.52. The average molecular weight is 386 g/mol. The van der Waals surface area contributed by atoms with E-state index >= 15 is 0 Å². The number of nitrogens with zero attached hydrogens (tertiary/aromatic N) is 5. The maximum Gasteiger partial charge on any atom is 0.182 e. The fraction of sp³-hybridized carbons (Fsp3) is 0.227. The molecule has 0 saturated carbocycles. The van der Waals surface area contributed by atoms with E-state index in [1.807, 2.05) is 47.4 Å². The maximum atomic E-state index is 5.61. The third kappa shape index (κ3) is 3.47. The minimum atomic E-state index is -0.186. The van der Waals surface area contributed by atoms with Crippen LogP contribution in [0.15, 0.2) is 70.5 Å². The molecule has 1 atom stereocenters. The van der Waals surface area contributed by atoms with Crippen LogP contribution < -0.4 is 10.8 Å². The molecule has 1 aromatic carbocycles. The lowest BCUT2D eigenvalue weighted by Crippen LogP contribution is -2.38. The molecule has 4 heterocycles. The van der Waals surface area contributed by atoms with Crippen LogP contribution in [0.3, 0.4) is 0 Å². The number of furan rings is 1. The number of hydrogen-bond acceptors (Lipinski definition) is 5. The van der Waals surface area contributed by atoms with Crippen LogP contribution in [0.2, 0.25) is 0 Å². The van der Waals surface area contributed by atoms with Crippen molar-refractivity contribution in [2.75, 3.05) is 6.54 Å². The molecule has 0 fully saturated rings. The van der Waals surface area contributed by atoms with Gasteiger partial charge in [-0.3, -0.25) is 4.68 Å². The normalized spacial score (nSPS) is 15.6. The molecular weight excluding hydrogens is 364 g/mol. The summed E-state index contributed by atoms with van der Waals surface area (Å²) in [6.45, 7) is 3.77. The topological polar surface area (TPSA) is 75.2 Å². The van der Waals surface area contributed by atoms with Crippen molar-refractivity contribution in [2.45, 2.75) is 26.1 Å². The smallest absolute Gasteiger partial charge is 0.182 e. The van der Waals surface area contributed by atoms with Gasteiger partial charge in [0.1, 0.15) is 16.9 Å². The Bertz CT molecular complexity index is 1210. The number of benzene rings is 1. The second-order valence-electron chi connectivity index (χ2n) is 7.12. The first kappa shape index (κ1) is 17.5. The second kappa shape index (κ2) is 7.43. The third-order valence-electron chi connectivity index (χ3n) is 4.94. The van der Waals surface area contributed by atoms with E-state index in [4.69, 9.17) is 14.4 Å². The van der Waals surface area contributed by atoms with Gasteiger partial charge in [0.15, 0.2) is 11.7 Å². The van der Waals surface area contributed by atoms with Crippen LogP contribution >= 0.6 is 0 Å². The molecule has 1 N–H and O–H groups in total. The second-order valence-corrected chi connectivity index (χ2v) is 7.12. The van der Waals surface area contributed by atoms with Gasteiger partial charge < -0.3 is 14.3 Å². The number of aromatic nitrogens is 4. The van der Waals surface area contributed by atoms with Gasteiger partial charge in [-0.25, -0.2) is 9.98 Å². The van der Waals surface area contributed by atoms with Gasteiger partial charge in [-0.1, -0.05) is 37.3 Å². The molecule has 3 aromatic heterocycles. The van der Waals surface area contributed by atoms with Gasteiger partial charge in [0.25, 0.3) is 0 Å². The molecule has 4 aromatic rings. The molecular formula is C22H22N6O. The summed E-state index contributed by atoms with van der Waals surface area (Å²) < 4.78 is 7.53. The lowest BCUT2D eigenvalue weighted by molar-refractivity contribution is 0.265. The molecule has 1 aliphatic heterocycles. The molecule has 0 amide bonds. The number of aromatic amines is 1. The van der Waals surface area contributed by atoms with E-state index in [1.54, 1.807) is 6.26 Å². The number of imidazole rings is 1. The van der Waals surface area contributed by atoms with Crippen LogP contribution in [0.25, 0.3) is 17.6 Å². The van der Waals surface area contributed by atoms with Gasteiger partial charge in [0, 0.05) is 18.9 Å². The molecule has 29 heavy (non-hydrogen) atoms. The molecule has 0 radical (unpaired) electrons. The van der Waals surface area contributed by atoms with Crippen molar-refractivity contribution in [3.05, 3.63) is 83.3 Å². The lowest BCUT2D eigenvalue weighted by Gasteiger charge is -2.26. The molecule has 5 rings (SSSR count). The zero-order valence-electron chi connectivity index (χ0n) is 16.2. The van der Waals surface area contributed by atoms with E-state index < -0.39 is 0 Å². The van der Waals surface area contributed by atoms with Gasteiger partial charge in [-0.2, -0.15) is 5.10 Å². The van der Waals surface area contributed by atoms with E-state index in [0.717, 1.165) is 42.0 Å². The Morgan fingerprint density at radius 1 is 1.14 bits per heavy atom. The summed E-state index contributed by atoms with van der Waals surface area (Å²) in [5.74, 6) is 1.59. The zero-order valence-corrected chi connectivity index (χ0v) is 16.2. The Morgan fingerprint density at radius 3 is 2.83 bits per heavy atom. The fourth-order valence-corrected chi connectivity index (χ4v) is 3.58. The van der Waals surface area contributed by atoms with Crippen LogP contribution in [-0.4, -0.2) is 31.2 Å². The van der Waals surface area contributed by atoms with Crippen molar-refractivity contribution < 1.29 is 4.42 Å². The Morgan fingerprint density at radius 2 is 2.03 bits per heavy atom. The van der Waals surface area contributed by atoms with E-state index in [-0.39, 0.29) is 6.17 Å². The van der Waals surface area contributed by atoms with Crippen molar-refractivity contribution in [1.82, 2.24) is 24.6 Å². The van der Waals surface area contributed by atoms with Gasteiger partial charge in [-0.05, 0) is 24.1 Å². The van der Waals surface area contributed by atoms with E-state index in [2.05, 4.69) is 40.2 Å². The fourth-order valence-electron chi connectivity index (χ4n) is 3.58. The van der Waals surface area contributed by atoms with Crippen LogP contribution in [-0.2, 0) is 6.54 Å². The summed E-state index contributed by atoms with van der Waals surface area (Å²) >= 11 is 0. The summed E-state index contributed by atoms with van der Waals surface area (Å²) in [6, 6.07) is 14.1. The molecule has 0 bridgehead atoms. The summed E-state index contributed by atoms with van der Waals surface area (Å²) in [4.78, 5) is 15.1. The largest absolute Gasteiger partial charge is 0.465 e. The number of rotatable bonds is 6. The van der Waals surface area contributed by atoms with Crippen LogP contribution in [0.5, 0.6) is 0 Å². The van der Waals surface area contributed by atoms with Gasteiger partial charge in [-0.15, -0.1) is 0 Å². The highest BCUT2D eigenvalue weighted by Gasteiger charge is 2.23. The first-order valence-corrected chi connectivity index (χ1v) is 9.82. The highest BCUT2D eigenvalue weighted by Crippen LogP contribution is 2.24. The van der Waals surface area contributed by atoms with E-state index in [1.165, 1.54) is 5.56 Å². The number of fused-ring (bicyclic) bond motifs is 1. The predicted molar refractivity (Wildman–Crippen MR) is 109 cm³/mol. The molecule has 0 saturated heterocycles. The quantitative estimate of drug-likeness (QED) is 0.553. The number of hydrogen-bond donors (Lipinski definition) is 1. The van der Waals surface area contributed by atoms with Crippen LogP contribution in [0.1, 0.15) is 30.8 Å². The average Bonchev–Trinajstić information content (AvgIpc) is 3.49. The summed E-state index contributed by atoms with van der Waals surface area (Å²) in [7, 11) is 0. The van der Waals surface area contributed by atoms with Crippen molar-refractivity contribution in [2.24, 2.45) is 4.99 Å². The molecule has 0 aliphatic carbocycles. The van der Waals surface area contributed by atoms with Crippen LogP contribution in [0, 0.1) is 0 Å². The lowest BCUT2D eigenvalue weighted by atomic mass is 10.2. The van der Waals surface area contributed by atoms with Crippen molar-refractivity contribution in [3.8, 4) is 11.4 Å². The SMILES string of the molecule is CCCN1C=c2[nH]c(-c3cnn(Cc4ccccc4)c3)nc2=NC1c1ccco1. The first-order valence-electron chi connectivity index (χ1n) is 9.82. The predicted octanol–water partition coefficient (Wildman–Crippen LogP) is 2.70. The maximum absolute atomic E-state index is 5.61. The highest BCUT2D eigenvalue weighted by atomic mass is 16.3. The monoisotopic (exact) mass is 386 g/mol. The summed E-state index contributed by atoms with van der Waals surface area (Å²) in [5, 5.41) is 5.39. The molecule has 146 valence electrons. The van der Waals surface area contributed by atoms with Gasteiger partial charge in [0.2, 0.25) is 0 Å². The van der Waals surface area contributed by atoms with Crippen molar-refractivity contribution in [1.29, 1.82) is 0 Å². The standard InChI is InChI=1S/C22H22N6O/c1-2-10-27-15-18-21(26-22(27)19-9-6-11-29-19)25-20(24-18)17-12-23-28(14-17)13-16-7-4-3-5-8-16/h3-9,11-12,14-15,22H,2,10,13H2,1H3,(H,24,25,26). The molecule has 1 unspecified atom stereocenters. The minimum Gasteiger partial charge on any atom is -0.465 e. The Kier molecular flexibility index (Phi) is 4.48.